The van der Waals surface area contributed by atoms with E-state index in [1.54, 1.807) is 18.2 Å². The summed E-state index contributed by atoms with van der Waals surface area (Å²) in [6, 6.07) is 18.3. The van der Waals surface area contributed by atoms with Gasteiger partial charge in [-0.25, -0.2) is 17.8 Å². The molecule has 3 heterocycles. The smallest absolute Gasteiger partial charge is 0.264 e. The average Bonchev–Trinajstić information content (AvgIpc) is 3.58. The number of rotatable bonds is 7. The monoisotopic (exact) mass is 565 g/mol. The van der Waals surface area contributed by atoms with E-state index in [0.717, 1.165) is 52.8 Å². The molecule has 0 radical (unpaired) electrons. The summed E-state index contributed by atoms with van der Waals surface area (Å²) in [5, 5.41) is 3.84. The van der Waals surface area contributed by atoms with Crippen molar-refractivity contribution in [3.05, 3.63) is 83.7 Å². The maximum Gasteiger partial charge on any atom is 0.264 e. The second kappa shape index (κ2) is 10.6. The Kier molecular flexibility index (Phi) is 6.96. The molecule has 11 heteroatoms. The Labute approximate surface area is 230 Å². The number of carbonyl (C=O) groups is 1. The van der Waals surface area contributed by atoms with Crippen LogP contribution in [0.5, 0.6) is 0 Å². The summed E-state index contributed by atoms with van der Waals surface area (Å²) in [4.78, 5) is 22.0. The lowest BCUT2D eigenvalue weighted by Crippen LogP contribution is -2.48. The predicted molar refractivity (Wildman–Crippen MR) is 152 cm³/mol. The topological polar surface area (TPSA) is 85.9 Å². The molecule has 0 atom stereocenters. The molecule has 3 aromatic carbocycles. The van der Waals surface area contributed by atoms with Crippen molar-refractivity contribution in [3.63, 3.8) is 0 Å². The van der Waals surface area contributed by atoms with Crippen LogP contribution in [0.25, 0.3) is 10.2 Å². The summed E-state index contributed by atoms with van der Waals surface area (Å²) in [6.45, 7) is 4.92. The van der Waals surface area contributed by atoms with Crippen LogP contribution in [-0.4, -0.2) is 70.0 Å². The molecule has 1 fully saturated rings. The number of nitrogens with zero attached hydrogens (tertiary/aromatic N) is 4. The molecular weight excluding hydrogens is 537 g/mol. The highest BCUT2D eigenvalue weighted by Gasteiger charge is 2.30. The number of aromatic nitrogens is 1. The van der Waals surface area contributed by atoms with Gasteiger partial charge in [-0.05, 0) is 60.5 Å². The van der Waals surface area contributed by atoms with E-state index in [4.69, 9.17) is 0 Å². The highest BCUT2D eigenvalue weighted by Crippen LogP contribution is 2.33. The van der Waals surface area contributed by atoms with Gasteiger partial charge in [0, 0.05) is 51.4 Å². The number of hydrogen-bond donors (Lipinski definition) is 1. The van der Waals surface area contributed by atoms with Crippen LogP contribution < -0.4 is 14.5 Å². The molecule has 0 aliphatic carbocycles. The summed E-state index contributed by atoms with van der Waals surface area (Å²) >= 11 is 1.50. The third kappa shape index (κ3) is 5.21. The first-order chi connectivity index (χ1) is 18.9. The minimum absolute atomic E-state index is 0.173. The van der Waals surface area contributed by atoms with E-state index >= 15 is 0 Å². The molecule has 4 aromatic rings. The Morgan fingerprint density at radius 1 is 0.974 bits per heavy atom. The molecule has 1 aromatic heterocycles. The number of fused-ring (bicyclic) bond motifs is 2. The van der Waals surface area contributed by atoms with E-state index in [1.165, 1.54) is 39.9 Å². The first-order valence-corrected chi connectivity index (χ1v) is 15.2. The third-order valence-corrected chi connectivity index (χ3v) is 10.2. The molecule has 0 spiro atoms. The molecule has 0 saturated carbocycles. The minimum atomic E-state index is -3.69. The Balaban J connectivity index is 0.991. The van der Waals surface area contributed by atoms with Gasteiger partial charge in [0.25, 0.3) is 15.9 Å². The van der Waals surface area contributed by atoms with E-state index in [2.05, 4.69) is 20.1 Å². The molecule has 0 unspecified atom stereocenters. The zero-order valence-electron chi connectivity index (χ0n) is 21.2. The van der Waals surface area contributed by atoms with Gasteiger partial charge in [0.15, 0.2) is 5.13 Å². The van der Waals surface area contributed by atoms with Crippen molar-refractivity contribution in [2.75, 3.05) is 55.0 Å². The van der Waals surface area contributed by atoms with Crippen LogP contribution in [0.3, 0.4) is 0 Å². The van der Waals surface area contributed by atoms with Crippen molar-refractivity contribution in [3.8, 4) is 0 Å². The Morgan fingerprint density at radius 2 is 1.74 bits per heavy atom. The molecule has 1 saturated heterocycles. The largest absolute Gasteiger partial charge is 0.351 e. The van der Waals surface area contributed by atoms with Crippen LogP contribution in [0, 0.1) is 5.82 Å². The maximum absolute atomic E-state index is 13.5. The van der Waals surface area contributed by atoms with Gasteiger partial charge in [0.1, 0.15) is 5.82 Å². The Hall–Kier alpha value is -3.54. The van der Waals surface area contributed by atoms with E-state index in [1.807, 2.05) is 24.3 Å². The second-order valence-corrected chi connectivity index (χ2v) is 12.5. The number of amides is 1. The Morgan fingerprint density at radius 3 is 2.54 bits per heavy atom. The molecule has 8 nitrogen and oxygen atoms in total. The van der Waals surface area contributed by atoms with Gasteiger partial charge < -0.3 is 10.2 Å². The van der Waals surface area contributed by atoms with Crippen LogP contribution in [0.1, 0.15) is 15.9 Å². The highest BCUT2D eigenvalue weighted by atomic mass is 32.2. The molecule has 0 bridgehead atoms. The van der Waals surface area contributed by atoms with Crippen LogP contribution in [0.2, 0.25) is 0 Å². The van der Waals surface area contributed by atoms with Crippen LogP contribution in [0.4, 0.5) is 15.2 Å². The number of nitrogens with one attached hydrogen (secondary N) is 1. The lowest BCUT2D eigenvalue weighted by molar-refractivity contribution is 0.0947. The third-order valence-electron chi connectivity index (χ3n) is 7.24. The molecule has 2 aliphatic rings. The number of halogens is 1. The SMILES string of the molecule is O=C(NCCN1CCN(c2nc3ccc(F)cc3s2)CC1)c1ccc(S(=O)(=O)N2CCc3ccccc32)cc1. The van der Waals surface area contributed by atoms with Gasteiger partial charge in [-0.3, -0.25) is 14.0 Å². The van der Waals surface area contributed by atoms with E-state index < -0.39 is 10.0 Å². The van der Waals surface area contributed by atoms with Crippen LogP contribution in [0.15, 0.2) is 71.6 Å². The molecule has 202 valence electrons. The molecule has 1 amide bonds. The number of hydrogen-bond acceptors (Lipinski definition) is 7. The fourth-order valence-electron chi connectivity index (χ4n) is 5.08. The predicted octanol–water partition coefficient (Wildman–Crippen LogP) is 3.74. The van der Waals surface area contributed by atoms with Crippen molar-refractivity contribution in [1.82, 2.24) is 15.2 Å². The van der Waals surface area contributed by atoms with Crippen LogP contribution in [-0.2, 0) is 16.4 Å². The summed E-state index contributed by atoms with van der Waals surface area (Å²) in [7, 11) is -3.69. The number of carbonyl (C=O) groups excluding carboxylic acids is 1. The highest BCUT2D eigenvalue weighted by molar-refractivity contribution is 7.92. The molecular formula is C28H28FN5O3S2. The number of sulfonamides is 1. The first-order valence-electron chi connectivity index (χ1n) is 12.9. The van der Waals surface area contributed by atoms with Crippen molar-refractivity contribution < 1.29 is 17.6 Å². The fourth-order valence-corrected chi connectivity index (χ4v) is 7.62. The van der Waals surface area contributed by atoms with Crippen molar-refractivity contribution in [2.45, 2.75) is 11.3 Å². The van der Waals surface area contributed by atoms with Gasteiger partial charge in [0.2, 0.25) is 0 Å². The lowest BCUT2D eigenvalue weighted by atomic mass is 10.2. The number of para-hydroxylation sites is 1. The van der Waals surface area contributed by atoms with Crippen molar-refractivity contribution >= 4 is 48.3 Å². The Bertz CT molecular complexity index is 1620. The molecule has 2 aliphatic heterocycles. The minimum Gasteiger partial charge on any atom is -0.351 e. The molecule has 1 N–H and O–H groups in total. The summed E-state index contributed by atoms with van der Waals surface area (Å²) in [5.41, 5.74) is 2.98. The van der Waals surface area contributed by atoms with E-state index in [0.29, 0.717) is 31.6 Å². The number of benzene rings is 3. The quantitative estimate of drug-likeness (QED) is 0.368. The van der Waals surface area contributed by atoms with Gasteiger partial charge in [-0.2, -0.15) is 0 Å². The summed E-state index contributed by atoms with van der Waals surface area (Å²) in [6.07, 6.45) is 0.689. The van der Waals surface area contributed by atoms with Crippen LogP contribution >= 0.6 is 11.3 Å². The van der Waals surface area contributed by atoms with Crippen molar-refractivity contribution in [2.24, 2.45) is 0 Å². The standard InChI is InChI=1S/C28H28FN5O3S2/c29-22-7-10-24-26(19-22)38-28(31-24)33-17-15-32(16-18-33)14-12-30-27(35)21-5-8-23(9-6-21)39(36,37)34-13-11-20-3-1-2-4-25(20)34/h1-10,19H,11-18H2,(H,30,35). The molecule has 39 heavy (non-hydrogen) atoms. The van der Waals surface area contributed by atoms with Gasteiger partial charge in [0.05, 0.1) is 20.8 Å². The fraction of sp³-hybridized carbons (Fsp3) is 0.286. The molecule has 6 rings (SSSR count). The first kappa shape index (κ1) is 25.7. The normalized spacial score (nSPS) is 16.0. The summed E-state index contributed by atoms with van der Waals surface area (Å²) in [5.74, 6) is -0.482. The van der Waals surface area contributed by atoms with Crippen molar-refractivity contribution in [1.29, 1.82) is 0 Å². The maximum atomic E-state index is 13.5. The van der Waals surface area contributed by atoms with Gasteiger partial charge >= 0.3 is 0 Å². The average molecular weight is 566 g/mol. The van der Waals surface area contributed by atoms with E-state index in [-0.39, 0.29) is 16.6 Å². The zero-order valence-corrected chi connectivity index (χ0v) is 22.8. The van der Waals surface area contributed by atoms with E-state index in [9.17, 15) is 17.6 Å². The van der Waals surface area contributed by atoms with Gasteiger partial charge in [-0.15, -0.1) is 0 Å². The van der Waals surface area contributed by atoms with Gasteiger partial charge in [-0.1, -0.05) is 29.5 Å². The zero-order chi connectivity index (χ0) is 27.0. The lowest BCUT2D eigenvalue weighted by Gasteiger charge is -2.34. The summed E-state index contributed by atoms with van der Waals surface area (Å²) < 4.78 is 42.2. The second-order valence-electron chi connectivity index (χ2n) is 9.67. The number of piperazine rings is 1. The number of thiazole rings is 1. The number of anilines is 2.